The molecule has 0 spiro atoms. The second-order valence-electron chi connectivity index (χ2n) is 7.77. The van der Waals surface area contributed by atoms with Gasteiger partial charge in [-0.2, -0.15) is 27.8 Å². The molecule has 6 nitrogen and oxygen atoms in total. The monoisotopic (exact) mass is 417 g/mol. The van der Waals surface area contributed by atoms with Crippen LogP contribution in [0, 0.1) is 6.92 Å². The number of nitrogens with zero attached hydrogens (tertiary/aromatic N) is 5. The Morgan fingerprint density at radius 3 is 2.47 bits per heavy atom. The van der Waals surface area contributed by atoms with E-state index >= 15 is 0 Å². The largest absolute Gasteiger partial charge is 0.433 e. The fourth-order valence-electron chi connectivity index (χ4n) is 3.91. The normalized spacial score (nSPS) is 16.8. The molecule has 1 aliphatic heterocycles. The fourth-order valence-corrected chi connectivity index (χ4v) is 3.91. The molecule has 1 aliphatic rings. The third kappa shape index (κ3) is 3.88. The van der Waals surface area contributed by atoms with Crippen LogP contribution >= 0.6 is 0 Å². The van der Waals surface area contributed by atoms with E-state index in [0.29, 0.717) is 36.1 Å². The number of halogens is 3. The minimum Gasteiger partial charge on any atom is -0.342 e. The maximum Gasteiger partial charge on any atom is 0.433 e. The van der Waals surface area contributed by atoms with Gasteiger partial charge < -0.3 is 4.90 Å². The van der Waals surface area contributed by atoms with Gasteiger partial charge in [0.1, 0.15) is 6.33 Å². The predicted molar refractivity (Wildman–Crippen MR) is 104 cm³/mol. The van der Waals surface area contributed by atoms with Gasteiger partial charge in [-0.15, -0.1) is 0 Å². The molecule has 0 radical (unpaired) electrons. The summed E-state index contributed by atoms with van der Waals surface area (Å²) in [5.41, 5.74) is 1.56. The molecule has 158 valence electrons. The van der Waals surface area contributed by atoms with E-state index in [-0.39, 0.29) is 23.5 Å². The van der Waals surface area contributed by atoms with E-state index in [1.54, 1.807) is 4.90 Å². The van der Waals surface area contributed by atoms with Gasteiger partial charge in [-0.25, -0.2) is 4.98 Å². The molecule has 4 rings (SSSR count). The van der Waals surface area contributed by atoms with E-state index in [1.165, 1.54) is 0 Å². The van der Waals surface area contributed by atoms with Gasteiger partial charge in [0.15, 0.2) is 5.69 Å². The highest BCUT2D eigenvalue weighted by Gasteiger charge is 2.36. The molecule has 1 aromatic carbocycles. The maximum atomic E-state index is 13.4. The summed E-state index contributed by atoms with van der Waals surface area (Å²) in [6, 6.07) is 8.94. The first-order chi connectivity index (χ1) is 14.2. The number of amides is 1. The van der Waals surface area contributed by atoms with Crippen LogP contribution in [-0.2, 0) is 11.0 Å². The molecule has 0 aliphatic carbocycles. The molecular formula is C21H22F3N5O. The van der Waals surface area contributed by atoms with Crippen LogP contribution in [0.2, 0.25) is 0 Å². The van der Waals surface area contributed by atoms with E-state index in [9.17, 15) is 18.0 Å². The van der Waals surface area contributed by atoms with Crippen LogP contribution in [0.5, 0.6) is 0 Å². The SMILES string of the molecule is Cc1ccc(C(C)C(=O)N2CCC(c3cc(C(F)(F)F)n4ncnc4n3)CC2)cc1. The number of aromatic nitrogens is 4. The molecule has 3 aromatic rings. The molecule has 1 fully saturated rings. The lowest BCUT2D eigenvalue weighted by Gasteiger charge is -2.33. The van der Waals surface area contributed by atoms with Crippen molar-refractivity contribution in [3.8, 4) is 0 Å². The smallest absolute Gasteiger partial charge is 0.342 e. The second kappa shape index (κ2) is 7.70. The van der Waals surface area contributed by atoms with Crippen LogP contribution in [0.15, 0.2) is 36.7 Å². The van der Waals surface area contributed by atoms with Gasteiger partial charge in [0.05, 0.1) is 5.92 Å². The van der Waals surface area contributed by atoms with Crippen molar-refractivity contribution >= 4 is 11.7 Å². The summed E-state index contributed by atoms with van der Waals surface area (Å²) in [7, 11) is 0. The molecule has 0 bridgehead atoms. The van der Waals surface area contributed by atoms with Crippen molar-refractivity contribution in [2.45, 2.75) is 44.7 Å². The average molecular weight is 417 g/mol. The Labute approximate surface area is 171 Å². The lowest BCUT2D eigenvalue weighted by atomic mass is 9.91. The molecule has 3 heterocycles. The number of carbonyl (C=O) groups is 1. The fraction of sp³-hybridized carbons (Fsp3) is 0.429. The Balaban J connectivity index is 1.48. The van der Waals surface area contributed by atoms with Crippen LogP contribution in [0.25, 0.3) is 5.78 Å². The van der Waals surface area contributed by atoms with Crippen molar-refractivity contribution in [2.75, 3.05) is 13.1 Å². The van der Waals surface area contributed by atoms with Crippen LogP contribution in [0.3, 0.4) is 0 Å². The van der Waals surface area contributed by atoms with Gasteiger partial charge >= 0.3 is 6.18 Å². The zero-order valence-corrected chi connectivity index (χ0v) is 16.7. The molecule has 0 N–H and O–H groups in total. The molecule has 30 heavy (non-hydrogen) atoms. The minimum atomic E-state index is -4.55. The van der Waals surface area contributed by atoms with Crippen LogP contribution in [0.4, 0.5) is 13.2 Å². The summed E-state index contributed by atoms with van der Waals surface area (Å²) in [6.07, 6.45) is -2.37. The summed E-state index contributed by atoms with van der Waals surface area (Å²) < 4.78 is 41.0. The summed E-state index contributed by atoms with van der Waals surface area (Å²) in [5, 5.41) is 3.63. The van der Waals surface area contributed by atoms with E-state index in [0.717, 1.165) is 23.5 Å². The molecule has 2 aromatic heterocycles. The summed E-state index contributed by atoms with van der Waals surface area (Å²) in [5.74, 6) is -0.448. The average Bonchev–Trinajstić information content (AvgIpc) is 3.20. The summed E-state index contributed by atoms with van der Waals surface area (Å²) in [6.45, 7) is 4.85. The Morgan fingerprint density at radius 2 is 1.83 bits per heavy atom. The lowest BCUT2D eigenvalue weighted by Crippen LogP contribution is -2.40. The zero-order chi connectivity index (χ0) is 21.5. The van der Waals surface area contributed by atoms with Crippen molar-refractivity contribution in [3.05, 3.63) is 59.2 Å². The van der Waals surface area contributed by atoms with Crippen molar-refractivity contribution in [1.82, 2.24) is 24.5 Å². The van der Waals surface area contributed by atoms with Gasteiger partial charge in [-0.05, 0) is 38.3 Å². The lowest BCUT2D eigenvalue weighted by molar-refractivity contribution is -0.142. The standard InChI is InChI=1S/C21H22F3N5O/c1-13-3-5-15(6-4-13)14(2)19(30)28-9-7-16(8-10-28)17-11-18(21(22,23)24)29-20(27-17)25-12-26-29/h3-6,11-12,14,16H,7-10H2,1-2H3. The maximum absolute atomic E-state index is 13.4. The molecule has 0 saturated carbocycles. The first-order valence-corrected chi connectivity index (χ1v) is 9.87. The number of likely N-dealkylation sites (tertiary alicyclic amines) is 1. The molecule has 1 amide bonds. The number of piperidine rings is 1. The highest BCUT2D eigenvalue weighted by atomic mass is 19.4. The molecule has 1 saturated heterocycles. The quantitative estimate of drug-likeness (QED) is 0.647. The van der Waals surface area contributed by atoms with Crippen molar-refractivity contribution < 1.29 is 18.0 Å². The number of hydrogen-bond acceptors (Lipinski definition) is 4. The van der Waals surface area contributed by atoms with Crippen LogP contribution in [0.1, 0.15) is 54.1 Å². The Morgan fingerprint density at radius 1 is 1.17 bits per heavy atom. The molecule has 1 atom stereocenters. The minimum absolute atomic E-state index is 0.0363. The van der Waals surface area contributed by atoms with E-state index in [4.69, 9.17) is 0 Å². The van der Waals surface area contributed by atoms with Gasteiger partial charge in [-0.1, -0.05) is 29.8 Å². The number of rotatable bonds is 3. The topological polar surface area (TPSA) is 63.4 Å². The first-order valence-electron chi connectivity index (χ1n) is 9.87. The Hall–Kier alpha value is -2.97. The number of hydrogen-bond donors (Lipinski definition) is 0. The zero-order valence-electron chi connectivity index (χ0n) is 16.7. The number of alkyl halides is 3. The van der Waals surface area contributed by atoms with Crippen molar-refractivity contribution in [1.29, 1.82) is 0 Å². The Bertz CT molecular complexity index is 1050. The number of fused-ring (bicyclic) bond motifs is 1. The van der Waals surface area contributed by atoms with E-state index in [2.05, 4.69) is 15.1 Å². The summed E-state index contributed by atoms with van der Waals surface area (Å²) in [4.78, 5) is 22.8. The van der Waals surface area contributed by atoms with Crippen LogP contribution in [-0.4, -0.2) is 43.5 Å². The van der Waals surface area contributed by atoms with Gasteiger partial charge in [0, 0.05) is 24.7 Å². The summed E-state index contributed by atoms with van der Waals surface area (Å²) >= 11 is 0. The third-order valence-corrected chi connectivity index (χ3v) is 5.73. The number of aryl methyl sites for hydroxylation is 1. The van der Waals surface area contributed by atoms with Gasteiger partial charge in [0.25, 0.3) is 5.78 Å². The van der Waals surface area contributed by atoms with Gasteiger partial charge in [-0.3, -0.25) is 4.79 Å². The first kappa shape index (κ1) is 20.3. The van der Waals surface area contributed by atoms with Gasteiger partial charge in [0.2, 0.25) is 5.91 Å². The number of benzene rings is 1. The second-order valence-corrected chi connectivity index (χ2v) is 7.77. The van der Waals surface area contributed by atoms with Crippen LogP contribution < -0.4 is 0 Å². The predicted octanol–water partition coefficient (Wildman–Crippen LogP) is 3.96. The molecule has 9 heteroatoms. The van der Waals surface area contributed by atoms with E-state index in [1.807, 2.05) is 38.1 Å². The number of carbonyl (C=O) groups excluding carboxylic acids is 1. The Kier molecular flexibility index (Phi) is 5.21. The van der Waals surface area contributed by atoms with Crippen molar-refractivity contribution in [3.63, 3.8) is 0 Å². The van der Waals surface area contributed by atoms with Crippen molar-refractivity contribution in [2.24, 2.45) is 0 Å². The highest BCUT2D eigenvalue weighted by Crippen LogP contribution is 2.34. The highest BCUT2D eigenvalue weighted by molar-refractivity contribution is 5.83. The van der Waals surface area contributed by atoms with E-state index < -0.39 is 11.9 Å². The third-order valence-electron chi connectivity index (χ3n) is 5.73. The molecular weight excluding hydrogens is 395 g/mol. The molecule has 1 unspecified atom stereocenters.